The minimum atomic E-state index is -3.70. The third-order valence-corrected chi connectivity index (χ3v) is 7.58. The van der Waals surface area contributed by atoms with Crippen LogP contribution in [0, 0.1) is 5.92 Å². The van der Waals surface area contributed by atoms with Gasteiger partial charge in [-0.15, -0.1) is 10.2 Å². The first-order valence-corrected chi connectivity index (χ1v) is 10.9. The van der Waals surface area contributed by atoms with Crippen LogP contribution in [-0.4, -0.2) is 41.9 Å². The van der Waals surface area contributed by atoms with Gasteiger partial charge in [-0.2, -0.15) is 4.31 Å². The molecule has 1 saturated heterocycles. The van der Waals surface area contributed by atoms with Crippen LogP contribution in [0.3, 0.4) is 0 Å². The van der Waals surface area contributed by atoms with Gasteiger partial charge in [0.05, 0.1) is 10.6 Å². The minimum Gasteiger partial charge on any atom is -0.296 e. The summed E-state index contributed by atoms with van der Waals surface area (Å²) in [5.41, 5.74) is 0.209. The van der Waals surface area contributed by atoms with E-state index in [0.29, 0.717) is 24.0 Å². The molecule has 1 aliphatic heterocycles. The topological polar surface area (TPSA) is 92.3 Å². The second-order valence-corrected chi connectivity index (χ2v) is 9.99. The normalized spacial score (nSPS) is 18.7. The first-order valence-electron chi connectivity index (χ1n) is 7.87. The number of hydrogen-bond donors (Lipinski definition) is 1. The zero-order valence-electron chi connectivity index (χ0n) is 13.8. The molecule has 2 heterocycles. The van der Waals surface area contributed by atoms with Crippen LogP contribution in [-0.2, 0) is 10.0 Å². The molecule has 0 radical (unpaired) electrons. The predicted octanol–water partition coefficient (Wildman–Crippen LogP) is 3.52. The zero-order chi connectivity index (χ0) is 18.9. The van der Waals surface area contributed by atoms with Crippen molar-refractivity contribution in [3.63, 3.8) is 0 Å². The van der Waals surface area contributed by atoms with Crippen LogP contribution in [0.25, 0.3) is 0 Å². The summed E-state index contributed by atoms with van der Waals surface area (Å²) in [5, 5.41) is 10.7. The van der Waals surface area contributed by atoms with Crippen LogP contribution >= 0.6 is 34.5 Å². The van der Waals surface area contributed by atoms with Gasteiger partial charge in [0, 0.05) is 18.1 Å². The van der Waals surface area contributed by atoms with Crippen molar-refractivity contribution in [2.24, 2.45) is 5.92 Å². The van der Waals surface area contributed by atoms with Crippen LogP contribution in [0.15, 0.2) is 22.5 Å². The van der Waals surface area contributed by atoms with E-state index in [0.717, 1.165) is 24.2 Å². The molecule has 1 N–H and O–H groups in total. The van der Waals surface area contributed by atoms with Crippen LogP contribution in [0.2, 0.25) is 10.0 Å². The van der Waals surface area contributed by atoms with Gasteiger partial charge in [0.25, 0.3) is 15.9 Å². The Morgan fingerprint density at radius 2 is 2.12 bits per heavy atom. The van der Waals surface area contributed by atoms with E-state index in [1.54, 1.807) is 0 Å². The molecule has 11 heteroatoms. The lowest BCUT2D eigenvalue weighted by Crippen LogP contribution is -2.39. The van der Waals surface area contributed by atoms with E-state index in [-0.39, 0.29) is 20.1 Å². The number of anilines is 1. The number of carbonyl (C=O) groups excluding carboxylic acids is 1. The average molecular weight is 435 g/mol. The summed E-state index contributed by atoms with van der Waals surface area (Å²) in [6.07, 6.45) is 1.82. The average Bonchev–Trinajstić information content (AvgIpc) is 3.04. The number of piperidine rings is 1. The van der Waals surface area contributed by atoms with Gasteiger partial charge in [0.2, 0.25) is 9.47 Å². The Hall–Kier alpha value is -1.26. The number of halogens is 2. The Bertz CT molecular complexity index is 933. The molecule has 1 aromatic carbocycles. The molecular formula is C15H16Cl2N4O3S2. The lowest BCUT2D eigenvalue weighted by Gasteiger charge is -2.28. The molecular weight excluding hydrogens is 419 g/mol. The molecule has 1 atom stereocenters. The summed E-state index contributed by atoms with van der Waals surface area (Å²) in [7, 11) is -3.70. The molecule has 0 spiro atoms. The van der Waals surface area contributed by atoms with Crippen LogP contribution in [0.1, 0.15) is 30.1 Å². The molecule has 3 rings (SSSR count). The molecule has 0 bridgehead atoms. The smallest absolute Gasteiger partial charge is 0.272 e. The van der Waals surface area contributed by atoms with E-state index < -0.39 is 15.9 Å². The van der Waals surface area contributed by atoms with Crippen LogP contribution < -0.4 is 5.32 Å². The maximum absolute atomic E-state index is 12.7. The highest BCUT2D eigenvalue weighted by Crippen LogP contribution is 2.28. The highest BCUT2D eigenvalue weighted by Gasteiger charge is 2.32. The molecule has 140 valence electrons. The Morgan fingerprint density at radius 3 is 2.81 bits per heavy atom. The van der Waals surface area contributed by atoms with Crippen molar-refractivity contribution in [1.82, 2.24) is 14.5 Å². The second-order valence-electron chi connectivity index (χ2n) is 6.06. The van der Waals surface area contributed by atoms with E-state index in [1.807, 2.05) is 6.92 Å². The molecule has 7 nitrogen and oxygen atoms in total. The Morgan fingerprint density at radius 1 is 1.35 bits per heavy atom. The highest BCUT2D eigenvalue weighted by molar-refractivity contribution is 7.91. The number of aromatic nitrogens is 2. The molecule has 26 heavy (non-hydrogen) atoms. The maximum Gasteiger partial charge on any atom is 0.272 e. The fourth-order valence-corrected chi connectivity index (χ4v) is 5.80. The molecule has 1 aromatic heterocycles. The number of nitrogens with one attached hydrogen (secondary N) is 1. The largest absolute Gasteiger partial charge is 0.296 e. The second kappa shape index (κ2) is 7.77. The van der Waals surface area contributed by atoms with Crippen molar-refractivity contribution in [3.8, 4) is 0 Å². The number of carbonyl (C=O) groups is 1. The van der Waals surface area contributed by atoms with Gasteiger partial charge in [0.15, 0.2) is 0 Å². The summed E-state index contributed by atoms with van der Waals surface area (Å²) < 4.78 is 26.6. The van der Waals surface area contributed by atoms with E-state index in [2.05, 4.69) is 15.5 Å². The number of rotatable bonds is 4. The van der Waals surface area contributed by atoms with Gasteiger partial charge in [-0.1, -0.05) is 41.5 Å². The molecule has 1 aliphatic rings. The van der Waals surface area contributed by atoms with E-state index >= 15 is 0 Å². The predicted molar refractivity (Wildman–Crippen MR) is 101 cm³/mol. The van der Waals surface area contributed by atoms with Crippen LogP contribution in [0.4, 0.5) is 5.13 Å². The van der Waals surface area contributed by atoms with Crippen molar-refractivity contribution in [2.75, 3.05) is 18.4 Å². The lowest BCUT2D eigenvalue weighted by atomic mass is 10.0. The van der Waals surface area contributed by atoms with E-state index in [9.17, 15) is 13.2 Å². The fraction of sp³-hybridized carbons (Fsp3) is 0.400. The molecule has 0 saturated carbocycles. The SMILES string of the molecule is CC1CCCN(S(=O)(=O)c2nnc(NC(=O)c3ccc(Cl)cc3Cl)s2)C1. The molecule has 1 amide bonds. The number of benzene rings is 1. The van der Waals surface area contributed by atoms with E-state index in [1.165, 1.54) is 22.5 Å². The lowest BCUT2D eigenvalue weighted by molar-refractivity contribution is 0.102. The van der Waals surface area contributed by atoms with Crippen molar-refractivity contribution in [2.45, 2.75) is 24.1 Å². The fourth-order valence-electron chi connectivity index (χ4n) is 2.68. The summed E-state index contributed by atoms with van der Waals surface area (Å²) in [5.74, 6) is -0.212. The number of amides is 1. The van der Waals surface area contributed by atoms with Crippen molar-refractivity contribution in [3.05, 3.63) is 33.8 Å². The summed E-state index contributed by atoms with van der Waals surface area (Å²) >= 11 is 12.6. The Balaban J connectivity index is 1.76. The summed E-state index contributed by atoms with van der Waals surface area (Å²) in [6, 6.07) is 4.47. The van der Waals surface area contributed by atoms with Gasteiger partial charge < -0.3 is 0 Å². The molecule has 0 aliphatic carbocycles. The summed E-state index contributed by atoms with van der Waals surface area (Å²) in [4.78, 5) is 12.3. The Kier molecular flexibility index (Phi) is 5.83. The van der Waals surface area contributed by atoms with Crippen molar-refractivity contribution in [1.29, 1.82) is 0 Å². The minimum absolute atomic E-state index is 0.0876. The first-order chi connectivity index (χ1) is 12.3. The third kappa shape index (κ3) is 4.17. The standard InChI is InChI=1S/C15H16Cl2N4O3S2/c1-9-3-2-6-21(8-9)26(23,24)15-20-19-14(25-15)18-13(22)11-5-4-10(16)7-12(11)17/h4-5,7,9H,2-3,6,8H2,1H3,(H,18,19,22). The van der Waals surface area contributed by atoms with Gasteiger partial charge in [-0.3, -0.25) is 10.1 Å². The molecule has 1 fully saturated rings. The zero-order valence-corrected chi connectivity index (χ0v) is 16.9. The Labute approximate surface area is 165 Å². The van der Waals surface area contributed by atoms with Gasteiger partial charge >= 0.3 is 0 Å². The number of sulfonamides is 1. The quantitative estimate of drug-likeness (QED) is 0.742. The number of hydrogen-bond acceptors (Lipinski definition) is 6. The van der Waals surface area contributed by atoms with Crippen LogP contribution in [0.5, 0.6) is 0 Å². The monoisotopic (exact) mass is 434 g/mol. The van der Waals surface area contributed by atoms with Gasteiger partial charge in [-0.05, 0) is 37.0 Å². The van der Waals surface area contributed by atoms with Crippen molar-refractivity contribution >= 4 is 55.6 Å². The maximum atomic E-state index is 12.7. The van der Waals surface area contributed by atoms with E-state index in [4.69, 9.17) is 23.2 Å². The first kappa shape index (κ1) is 19.5. The third-order valence-electron chi connectivity index (χ3n) is 3.98. The summed E-state index contributed by atoms with van der Waals surface area (Å²) in [6.45, 7) is 2.95. The van der Waals surface area contributed by atoms with Gasteiger partial charge in [0.1, 0.15) is 0 Å². The number of nitrogens with zero attached hydrogens (tertiary/aromatic N) is 3. The highest BCUT2D eigenvalue weighted by atomic mass is 35.5. The molecule has 1 unspecified atom stereocenters. The van der Waals surface area contributed by atoms with Crippen molar-refractivity contribution < 1.29 is 13.2 Å². The molecule has 2 aromatic rings. The van der Waals surface area contributed by atoms with Gasteiger partial charge in [-0.25, -0.2) is 8.42 Å².